The maximum Gasteiger partial charge on any atom is 0.325 e. The SMILES string of the molecule is CC(C)(C)C(=[OH+])C=C(O)C(C)(C)C.CCCOCCC.O.[Ti]. The largest absolute Gasteiger partial charge is 0.511 e. The van der Waals surface area contributed by atoms with Crippen LogP contribution in [0, 0.1) is 10.8 Å². The summed E-state index contributed by atoms with van der Waals surface area (Å²) in [5, 5.41) is 9.60. The Morgan fingerprint density at radius 1 is 0.955 bits per heavy atom. The molecular formula is C17H37O4Ti+. The van der Waals surface area contributed by atoms with Crippen LogP contribution in [0.2, 0.25) is 0 Å². The van der Waals surface area contributed by atoms with E-state index in [0.29, 0.717) is 0 Å². The molecule has 0 heterocycles. The molecule has 0 aromatic carbocycles. The number of aliphatic hydroxyl groups excluding tert-OH is 1. The number of aliphatic hydroxyl groups is 1. The Morgan fingerprint density at radius 2 is 1.32 bits per heavy atom. The number of rotatable bonds is 5. The van der Waals surface area contributed by atoms with Crippen LogP contribution in [0.4, 0.5) is 0 Å². The van der Waals surface area contributed by atoms with Crippen LogP contribution >= 0.6 is 0 Å². The second-order valence-corrected chi connectivity index (χ2v) is 7.03. The van der Waals surface area contributed by atoms with E-state index in [-0.39, 0.29) is 49.6 Å². The first-order valence-electron chi connectivity index (χ1n) is 7.52. The van der Waals surface area contributed by atoms with Gasteiger partial charge in [0.2, 0.25) is 0 Å². The molecule has 0 saturated carbocycles. The average Bonchev–Trinajstić information content (AvgIpc) is 2.28. The summed E-state index contributed by atoms with van der Waals surface area (Å²) in [4.78, 5) is 9.60. The van der Waals surface area contributed by atoms with Gasteiger partial charge in [0.1, 0.15) is 5.76 Å². The minimum atomic E-state index is -0.306. The Balaban J connectivity index is -0.000000156. The molecule has 0 bridgehead atoms. The zero-order chi connectivity index (χ0) is 16.4. The topological polar surface area (TPSA) is 82.4 Å². The summed E-state index contributed by atoms with van der Waals surface area (Å²) >= 11 is 0. The fourth-order valence-corrected chi connectivity index (χ4v) is 0.953. The molecule has 0 unspecified atom stereocenters. The van der Waals surface area contributed by atoms with Gasteiger partial charge in [-0.15, -0.1) is 0 Å². The molecule has 0 aromatic heterocycles. The fourth-order valence-electron chi connectivity index (χ4n) is 0.953. The quantitative estimate of drug-likeness (QED) is 0.266. The van der Waals surface area contributed by atoms with Crippen LogP contribution in [0.25, 0.3) is 0 Å². The average molecular weight is 353 g/mol. The molecule has 22 heavy (non-hydrogen) atoms. The van der Waals surface area contributed by atoms with E-state index in [1.165, 1.54) is 6.08 Å². The van der Waals surface area contributed by atoms with Crippen LogP contribution in [-0.2, 0) is 26.5 Å². The summed E-state index contributed by atoms with van der Waals surface area (Å²) < 4.78 is 5.13. The summed E-state index contributed by atoms with van der Waals surface area (Å²) in [7, 11) is 0. The number of allylic oxidation sites excluding steroid dienone is 2. The first kappa shape index (κ1) is 29.8. The van der Waals surface area contributed by atoms with E-state index >= 15 is 0 Å². The summed E-state index contributed by atoms with van der Waals surface area (Å²) in [5.74, 6) is 0.417. The minimum absolute atomic E-state index is 0. The standard InChI is InChI=1S/C11H20O2.C6H14O.H2O.Ti/c1-10(2,3)8(12)7-9(13)11(4,5)6;1-3-5-7-6-4-2;;/h7,12H,1-6H3;3-6H2,1-2H3;1H2;/p+1. The molecule has 0 aliphatic heterocycles. The summed E-state index contributed by atoms with van der Waals surface area (Å²) in [5.41, 5.74) is -0.613. The van der Waals surface area contributed by atoms with Gasteiger partial charge in [-0.25, -0.2) is 0 Å². The Hall–Kier alpha value is -0.156. The van der Waals surface area contributed by atoms with Gasteiger partial charge < -0.3 is 15.3 Å². The molecule has 0 rings (SSSR count). The molecule has 0 spiro atoms. The van der Waals surface area contributed by atoms with E-state index in [4.69, 9.17) is 4.74 Å². The van der Waals surface area contributed by atoms with Crippen molar-refractivity contribution in [2.24, 2.45) is 10.8 Å². The van der Waals surface area contributed by atoms with E-state index in [9.17, 15) is 9.90 Å². The maximum atomic E-state index is 9.60. The monoisotopic (exact) mass is 353 g/mol. The Bertz CT molecular complexity index is 295. The molecule has 4 nitrogen and oxygen atoms in total. The van der Waals surface area contributed by atoms with Crippen molar-refractivity contribution in [2.45, 2.75) is 68.2 Å². The second-order valence-electron chi connectivity index (χ2n) is 7.03. The third-order valence-corrected chi connectivity index (χ3v) is 2.51. The van der Waals surface area contributed by atoms with Crippen molar-refractivity contribution in [2.75, 3.05) is 13.2 Å². The summed E-state index contributed by atoms with van der Waals surface area (Å²) in [6.07, 6.45) is 3.72. The molecule has 0 aromatic rings. The van der Waals surface area contributed by atoms with Crippen LogP contribution in [-0.4, -0.2) is 34.4 Å². The van der Waals surface area contributed by atoms with E-state index in [2.05, 4.69) is 13.8 Å². The predicted octanol–water partition coefficient (Wildman–Crippen LogP) is 4.06. The maximum absolute atomic E-state index is 9.60. The molecule has 0 amide bonds. The molecule has 0 atom stereocenters. The van der Waals surface area contributed by atoms with Gasteiger partial charge in [-0.3, -0.25) is 4.79 Å². The summed E-state index contributed by atoms with van der Waals surface area (Å²) in [6.45, 7) is 17.5. The van der Waals surface area contributed by atoms with Gasteiger partial charge in [0.05, 0.1) is 11.5 Å². The van der Waals surface area contributed by atoms with Gasteiger partial charge in [0.15, 0.2) is 0 Å². The Labute approximate surface area is 151 Å². The van der Waals surface area contributed by atoms with Crippen LogP contribution in [0.15, 0.2) is 11.8 Å². The van der Waals surface area contributed by atoms with E-state index in [1.807, 2.05) is 41.5 Å². The third kappa shape index (κ3) is 17.9. The number of hydrogen-bond acceptors (Lipinski definition) is 2. The summed E-state index contributed by atoms with van der Waals surface area (Å²) in [6, 6.07) is 0. The van der Waals surface area contributed by atoms with E-state index < -0.39 is 0 Å². The molecule has 0 saturated heterocycles. The number of ketones is 1. The van der Waals surface area contributed by atoms with Gasteiger partial charge >= 0.3 is 5.78 Å². The van der Waals surface area contributed by atoms with Gasteiger partial charge in [-0.2, -0.15) is 0 Å². The fraction of sp³-hybridized carbons (Fsp3) is 0.824. The van der Waals surface area contributed by atoms with Gasteiger partial charge in [-0.05, 0) is 33.6 Å². The van der Waals surface area contributed by atoms with Crippen molar-refractivity contribution in [1.29, 1.82) is 0 Å². The first-order chi connectivity index (χ1) is 8.96. The predicted molar refractivity (Wildman–Crippen MR) is 91.6 cm³/mol. The molecule has 0 radical (unpaired) electrons. The zero-order valence-electron chi connectivity index (χ0n) is 15.7. The number of hydrogen-bond donors (Lipinski definition) is 1. The number of carbonyl (C=O) groups excluding carboxylic acids is 1. The van der Waals surface area contributed by atoms with E-state index in [0.717, 1.165) is 26.1 Å². The third-order valence-electron chi connectivity index (χ3n) is 2.51. The smallest absolute Gasteiger partial charge is 0.325 e. The van der Waals surface area contributed by atoms with Gasteiger partial charge in [-0.1, -0.05) is 34.6 Å². The van der Waals surface area contributed by atoms with Crippen LogP contribution < -0.4 is 0 Å². The van der Waals surface area contributed by atoms with Crippen LogP contribution in [0.5, 0.6) is 0 Å². The van der Waals surface area contributed by atoms with Crippen LogP contribution in [0.1, 0.15) is 68.2 Å². The molecule has 0 fully saturated rings. The van der Waals surface area contributed by atoms with E-state index in [1.54, 1.807) is 0 Å². The molecule has 0 aliphatic rings. The zero-order valence-corrected chi connectivity index (χ0v) is 17.3. The van der Waals surface area contributed by atoms with Crippen molar-refractivity contribution in [3.05, 3.63) is 11.8 Å². The Kier molecular flexibility index (Phi) is 19.6. The second kappa shape index (κ2) is 14.4. The molecule has 4 N–H and O–H groups in total. The van der Waals surface area contributed by atoms with Crippen molar-refractivity contribution in [3.63, 3.8) is 0 Å². The number of ether oxygens (including phenoxy) is 1. The molecule has 5 heteroatoms. The van der Waals surface area contributed by atoms with Gasteiger partial charge in [0.25, 0.3) is 0 Å². The Morgan fingerprint density at radius 3 is 1.55 bits per heavy atom. The molecule has 0 aliphatic carbocycles. The van der Waals surface area contributed by atoms with Crippen molar-refractivity contribution < 1.29 is 41.8 Å². The van der Waals surface area contributed by atoms with Gasteiger partial charge in [0, 0.05) is 40.3 Å². The van der Waals surface area contributed by atoms with Crippen molar-refractivity contribution in [1.82, 2.24) is 0 Å². The normalized spacial score (nSPS) is 11.5. The van der Waals surface area contributed by atoms with Crippen LogP contribution in [0.3, 0.4) is 0 Å². The minimum Gasteiger partial charge on any atom is -0.511 e. The van der Waals surface area contributed by atoms with Crippen molar-refractivity contribution in [3.8, 4) is 0 Å². The first-order valence-corrected chi connectivity index (χ1v) is 7.52. The molecular weight excluding hydrogens is 316 g/mol. The van der Waals surface area contributed by atoms with Crippen molar-refractivity contribution >= 4 is 5.78 Å². The molecule has 132 valence electrons.